The van der Waals surface area contributed by atoms with Gasteiger partial charge in [0.05, 0.1) is 23.7 Å². The lowest BCUT2D eigenvalue weighted by Gasteiger charge is -2.40. The highest BCUT2D eigenvalue weighted by Gasteiger charge is 2.47. The fraction of sp³-hybridized carbons (Fsp3) is 0.458. The average molecular weight is 399 g/mol. The molecule has 0 N–H and O–H groups in total. The van der Waals surface area contributed by atoms with E-state index in [1.165, 1.54) is 18.4 Å². The maximum atomic E-state index is 12.8. The Morgan fingerprint density at radius 3 is 2.46 bits per heavy atom. The monoisotopic (exact) mass is 398 g/mol. The van der Waals surface area contributed by atoms with Gasteiger partial charge in [-0.2, -0.15) is 0 Å². The molecule has 3 nitrogen and oxygen atoms in total. The molecule has 0 bridgehead atoms. The number of benzene rings is 2. The molecule has 2 fully saturated rings. The first-order valence-corrected chi connectivity index (χ1v) is 10.6. The SMILES string of the molecule is CCOC(=O)C1(c2cc(OCC3CC3)c(Cl)c(-c3ccc(C)cc3)c2)CCC1. The molecule has 0 saturated heterocycles. The van der Waals surface area contributed by atoms with Gasteiger partial charge in [0.1, 0.15) is 5.75 Å². The molecule has 0 heterocycles. The molecule has 4 heteroatoms. The summed E-state index contributed by atoms with van der Waals surface area (Å²) in [6, 6.07) is 12.3. The minimum Gasteiger partial charge on any atom is -0.492 e. The third-order valence-electron chi connectivity index (χ3n) is 6.00. The lowest BCUT2D eigenvalue weighted by atomic mass is 9.64. The van der Waals surface area contributed by atoms with Crippen molar-refractivity contribution in [3.8, 4) is 16.9 Å². The zero-order chi connectivity index (χ0) is 19.7. The molecule has 0 spiro atoms. The van der Waals surface area contributed by atoms with Gasteiger partial charge in [0.15, 0.2) is 0 Å². The second-order valence-electron chi connectivity index (χ2n) is 8.11. The van der Waals surface area contributed by atoms with Crippen molar-refractivity contribution in [2.75, 3.05) is 13.2 Å². The van der Waals surface area contributed by atoms with Crippen LogP contribution >= 0.6 is 11.6 Å². The van der Waals surface area contributed by atoms with E-state index in [1.54, 1.807) is 0 Å². The van der Waals surface area contributed by atoms with Crippen LogP contribution in [0.15, 0.2) is 36.4 Å². The normalized spacial score (nSPS) is 17.7. The van der Waals surface area contributed by atoms with Gasteiger partial charge >= 0.3 is 5.97 Å². The molecule has 4 rings (SSSR count). The summed E-state index contributed by atoms with van der Waals surface area (Å²) in [4.78, 5) is 12.8. The van der Waals surface area contributed by atoms with Gasteiger partial charge in [0, 0.05) is 5.56 Å². The summed E-state index contributed by atoms with van der Waals surface area (Å²) in [6.45, 7) is 5.00. The van der Waals surface area contributed by atoms with Crippen molar-refractivity contribution >= 4 is 17.6 Å². The predicted octanol–water partition coefficient (Wildman–Crippen LogP) is 6.09. The van der Waals surface area contributed by atoms with E-state index < -0.39 is 5.41 Å². The Hall–Kier alpha value is -2.00. The van der Waals surface area contributed by atoms with E-state index in [-0.39, 0.29) is 5.97 Å². The molecule has 28 heavy (non-hydrogen) atoms. The first kappa shape index (κ1) is 19.3. The summed E-state index contributed by atoms with van der Waals surface area (Å²) in [5, 5.41) is 0.617. The second kappa shape index (κ2) is 7.79. The second-order valence-corrected chi connectivity index (χ2v) is 8.49. The van der Waals surface area contributed by atoms with Crippen LogP contribution in [-0.2, 0) is 14.9 Å². The third kappa shape index (κ3) is 3.65. The molecule has 0 aliphatic heterocycles. The first-order chi connectivity index (χ1) is 13.5. The topological polar surface area (TPSA) is 35.5 Å². The Balaban J connectivity index is 1.78. The summed E-state index contributed by atoms with van der Waals surface area (Å²) in [7, 11) is 0. The van der Waals surface area contributed by atoms with Crippen molar-refractivity contribution in [3.05, 3.63) is 52.5 Å². The van der Waals surface area contributed by atoms with Gasteiger partial charge in [-0.1, -0.05) is 47.9 Å². The molecular formula is C24H27ClO3. The Morgan fingerprint density at radius 2 is 1.89 bits per heavy atom. The highest BCUT2D eigenvalue weighted by atomic mass is 35.5. The molecule has 2 aliphatic carbocycles. The lowest BCUT2D eigenvalue weighted by molar-refractivity contribution is -0.153. The third-order valence-corrected chi connectivity index (χ3v) is 6.39. The molecular weight excluding hydrogens is 372 g/mol. The Kier molecular flexibility index (Phi) is 5.37. The van der Waals surface area contributed by atoms with E-state index in [4.69, 9.17) is 21.1 Å². The molecule has 0 radical (unpaired) electrons. The van der Waals surface area contributed by atoms with Crippen molar-refractivity contribution in [2.45, 2.75) is 51.4 Å². The van der Waals surface area contributed by atoms with E-state index in [0.29, 0.717) is 29.9 Å². The van der Waals surface area contributed by atoms with Crippen LogP contribution < -0.4 is 4.74 Å². The van der Waals surface area contributed by atoms with Gasteiger partial charge in [-0.25, -0.2) is 0 Å². The van der Waals surface area contributed by atoms with E-state index in [0.717, 1.165) is 36.0 Å². The molecule has 0 unspecified atom stereocenters. The van der Waals surface area contributed by atoms with Crippen LogP contribution in [-0.4, -0.2) is 19.2 Å². The van der Waals surface area contributed by atoms with E-state index >= 15 is 0 Å². The highest BCUT2D eigenvalue weighted by molar-refractivity contribution is 6.34. The Bertz CT molecular complexity index is 864. The summed E-state index contributed by atoms with van der Waals surface area (Å²) in [5.74, 6) is 1.18. The van der Waals surface area contributed by atoms with Crippen LogP contribution in [0.1, 0.15) is 50.2 Å². The fourth-order valence-corrected chi connectivity index (χ4v) is 4.10. The van der Waals surface area contributed by atoms with Crippen LogP contribution in [0.3, 0.4) is 0 Å². The van der Waals surface area contributed by atoms with Crippen molar-refractivity contribution in [2.24, 2.45) is 5.92 Å². The number of esters is 1. The number of rotatable bonds is 7. The summed E-state index contributed by atoms with van der Waals surface area (Å²) < 4.78 is 11.5. The molecule has 2 saturated carbocycles. The van der Waals surface area contributed by atoms with Crippen LogP contribution in [0.25, 0.3) is 11.1 Å². The van der Waals surface area contributed by atoms with E-state index in [1.807, 2.05) is 13.0 Å². The maximum Gasteiger partial charge on any atom is 0.316 e. The number of aryl methyl sites for hydroxylation is 1. The lowest BCUT2D eigenvalue weighted by Crippen LogP contribution is -2.43. The van der Waals surface area contributed by atoms with Crippen LogP contribution in [0.4, 0.5) is 0 Å². The van der Waals surface area contributed by atoms with Gasteiger partial charge in [-0.05, 0) is 68.7 Å². The average Bonchev–Trinajstić information content (AvgIpc) is 3.46. The predicted molar refractivity (Wildman–Crippen MR) is 112 cm³/mol. The smallest absolute Gasteiger partial charge is 0.316 e. The molecule has 148 valence electrons. The molecule has 0 atom stereocenters. The standard InChI is InChI=1S/C24H27ClO3/c1-3-27-23(26)24(11-4-12-24)19-13-20(18-9-5-16(2)6-10-18)22(25)21(14-19)28-15-17-7-8-17/h5-6,9-10,13-14,17H,3-4,7-8,11-12,15H2,1-2H3. The largest absolute Gasteiger partial charge is 0.492 e. The zero-order valence-electron chi connectivity index (χ0n) is 16.6. The molecule has 2 aliphatic rings. The van der Waals surface area contributed by atoms with Gasteiger partial charge < -0.3 is 9.47 Å². The van der Waals surface area contributed by atoms with Crippen LogP contribution in [0, 0.1) is 12.8 Å². The summed E-state index contributed by atoms with van der Waals surface area (Å²) >= 11 is 6.77. The first-order valence-electron chi connectivity index (χ1n) is 10.2. The molecule has 2 aromatic rings. The maximum absolute atomic E-state index is 12.8. The zero-order valence-corrected chi connectivity index (χ0v) is 17.3. The van der Waals surface area contributed by atoms with Crippen molar-refractivity contribution in [1.29, 1.82) is 0 Å². The van der Waals surface area contributed by atoms with Crippen molar-refractivity contribution in [3.63, 3.8) is 0 Å². The van der Waals surface area contributed by atoms with Gasteiger partial charge in [0.2, 0.25) is 0 Å². The van der Waals surface area contributed by atoms with Gasteiger partial charge in [0.25, 0.3) is 0 Å². The summed E-state index contributed by atoms with van der Waals surface area (Å²) in [5.41, 5.74) is 3.54. The quantitative estimate of drug-likeness (QED) is 0.529. The highest BCUT2D eigenvalue weighted by Crippen LogP contribution is 2.49. The van der Waals surface area contributed by atoms with E-state index in [9.17, 15) is 4.79 Å². The number of hydrogen-bond acceptors (Lipinski definition) is 3. The van der Waals surface area contributed by atoms with Gasteiger partial charge in [-0.15, -0.1) is 0 Å². The molecule has 0 amide bonds. The fourth-order valence-electron chi connectivity index (χ4n) is 3.82. The Labute approximate surface area is 172 Å². The minimum atomic E-state index is -0.572. The number of hydrogen-bond donors (Lipinski definition) is 0. The Morgan fingerprint density at radius 1 is 1.18 bits per heavy atom. The van der Waals surface area contributed by atoms with Crippen molar-refractivity contribution in [1.82, 2.24) is 0 Å². The van der Waals surface area contributed by atoms with Crippen LogP contribution in [0.5, 0.6) is 5.75 Å². The minimum absolute atomic E-state index is 0.133. The van der Waals surface area contributed by atoms with E-state index in [2.05, 4.69) is 37.3 Å². The number of carbonyl (C=O) groups excluding carboxylic acids is 1. The molecule has 0 aromatic heterocycles. The number of carbonyl (C=O) groups is 1. The van der Waals surface area contributed by atoms with Crippen LogP contribution in [0.2, 0.25) is 5.02 Å². The summed E-state index contributed by atoms with van der Waals surface area (Å²) in [6.07, 6.45) is 5.08. The number of halogens is 1. The molecule has 2 aromatic carbocycles. The van der Waals surface area contributed by atoms with Gasteiger partial charge in [-0.3, -0.25) is 4.79 Å². The van der Waals surface area contributed by atoms with Crippen molar-refractivity contribution < 1.29 is 14.3 Å². The number of ether oxygens (including phenoxy) is 2.